The van der Waals surface area contributed by atoms with Crippen molar-refractivity contribution < 1.29 is 19.1 Å². The summed E-state index contributed by atoms with van der Waals surface area (Å²) in [6.07, 6.45) is -0.334. The monoisotopic (exact) mass is 752 g/mol. The molecule has 1 heterocycles. The van der Waals surface area contributed by atoms with Gasteiger partial charge in [0.25, 0.3) is 5.91 Å². The van der Waals surface area contributed by atoms with E-state index in [1.54, 1.807) is 48.1 Å². The van der Waals surface area contributed by atoms with Gasteiger partial charge >= 0.3 is 5.97 Å². The van der Waals surface area contributed by atoms with E-state index in [2.05, 4.69) is 49.4 Å². The highest BCUT2D eigenvalue weighted by Crippen LogP contribution is 2.31. The predicted molar refractivity (Wildman–Crippen MR) is 210 cm³/mol. The van der Waals surface area contributed by atoms with Crippen LogP contribution in [0.5, 0.6) is 11.5 Å². The van der Waals surface area contributed by atoms with Crippen molar-refractivity contribution >= 4 is 35.1 Å². The van der Waals surface area contributed by atoms with Crippen LogP contribution < -0.4 is 10.1 Å². The standard InChI is InChI=1S/C25H22ClNO3.C18H24ClN3O/c1-17(2)24(18-11-13-20(26)14-12-18)25(28)30-23(16-27)19-7-6-10-22(15-19)29-21-8-4-3-5-9-21;1-6-14-15(19)16(22(5)21-14)17(23)20-11-12-7-9-13(10-8-12)18(2,3)4/h3-15,17,23-24H,1-2H3;7-10H,6,11H2,1-5H3,(H,20,23). The van der Waals surface area contributed by atoms with Crippen LogP contribution in [-0.4, -0.2) is 21.7 Å². The summed E-state index contributed by atoms with van der Waals surface area (Å²) in [4.78, 5) is 25.3. The molecule has 0 saturated carbocycles. The topological polar surface area (TPSA) is 106 Å². The maximum Gasteiger partial charge on any atom is 0.315 e. The summed E-state index contributed by atoms with van der Waals surface area (Å²) in [5.41, 5.74) is 4.97. The van der Waals surface area contributed by atoms with E-state index in [4.69, 9.17) is 32.7 Å². The van der Waals surface area contributed by atoms with E-state index < -0.39 is 18.0 Å². The highest BCUT2D eigenvalue weighted by Gasteiger charge is 2.29. The van der Waals surface area contributed by atoms with E-state index in [0.29, 0.717) is 45.8 Å². The Hall–Kier alpha value is -5.10. The molecular formula is C43H46Cl2N4O4. The van der Waals surface area contributed by atoms with Crippen LogP contribution in [0.2, 0.25) is 10.0 Å². The van der Waals surface area contributed by atoms with Gasteiger partial charge in [0, 0.05) is 24.2 Å². The van der Waals surface area contributed by atoms with Crippen LogP contribution in [0.25, 0.3) is 0 Å². The Morgan fingerprint density at radius 1 is 0.887 bits per heavy atom. The first-order chi connectivity index (χ1) is 25.2. The molecule has 276 valence electrons. The molecular weight excluding hydrogens is 707 g/mol. The third kappa shape index (κ3) is 11.2. The zero-order valence-electron chi connectivity index (χ0n) is 31.2. The van der Waals surface area contributed by atoms with Crippen LogP contribution in [0.3, 0.4) is 0 Å². The lowest BCUT2D eigenvalue weighted by atomic mass is 9.87. The van der Waals surface area contributed by atoms with Gasteiger partial charge in [-0.2, -0.15) is 10.4 Å². The minimum Gasteiger partial charge on any atom is -0.457 e. The van der Waals surface area contributed by atoms with E-state index in [-0.39, 0.29) is 17.2 Å². The summed E-state index contributed by atoms with van der Waals surface area (Å²) in [6, 6.07) is 33.8. The number of aryl methyl sites for hydroxylation is 2. The minimum atomic E-state index is -1.04. The minimum absolute atomic E-state index is 0.00855. The van der Waals surface area contributed by atoms with E-state index >= 15 is 0 Å². The number of aromatic nitrogens is 2. The van der Waals surface area contributed by atoms with Crippen molar-refractivity contribution in [3.63, 3.8) is 0 Å². The number of rotatable bonds is 11. The number of nitrogens with one attached hydrogen (secondary N) is 1. The first kappa shape index (κ1) is 40.7. The number of hydrogen-bond donors (Lipinski definition) is 1. The number of nitrogens with zero attached hydrogens (tertiary/aromatic N) is 3. The highest BCUT2D eigenvalue weighted by atomic mass is 35.5. The van der Waals surface area contributed by atoms with Gasteiger partial charge in [0.15, 0.2) is 0 Å². The third-order valence-electron chi connectivity index (χ3n) is 8.52. The van der Waals surface area contributed by atoms with Crippen LogP contribution in [-0.2, 0) is 35.0 Å². The van der Waals surface area contributed by atoms with Crippen molar-refractivity contribution in [1.82, 2.24) is 15.1 Å². The Balaban J connectivity index is 0.000000245. The molecule has 0 aliphatic heterocycles. The van der Waals surface area contributed by atoms with Crippen molar-refractivity contribution in [2.24, 2.45) is 13.0 Å². The van der Waals surface area contributed by atoms with Gasteiger partial charge in [-0.1, -0.05) is 131 Å². The Bertz CT molecular complexity index is 2010. The summed E-state index contributed by atoms with van der Waals surface area (Å²) in [7, 11) is 1.73. The van der Waals surface area contributed by atoms with Gasteiger partial charge in [0.05, 0.1) is 16.6 Å². The second-order valence-electron chi connectivity index (χ2n) is 13.9. The molecule has 2 atom stereocenters. The van der Waals surface area contributed by atoms with Gasteiger partial charge in [0.1, 0.15) is 23.3 Å². The molecule has 2 unspecified atom stereocenters. The van der Waals surface area contributed by atoms with Crippen LogP contribution in [0.4, 0.5) is 0 Å². The fraction of sp³-hybridized carbons (Fsp3) is 0.302. The number of carbonyl (C=O) groups is 2. The lowest BCUT2D eigenvalue weighted by Crippen LogP contribution is -2.25. The van der Waals surface area contributed by atoms with Crippen LogP contribution in [0, 0.1) is 17.2 Å². The summed E-state index contributed by atoms with van der Waals surface area (Å²) >= 11 is 12.2. The number of halogens is 2. The maximum absolute atomic E-state index is 13.0. The Morgan fingerprint density at radius 3 is 2.09 bits per heavy atom. The van der Waals surface area contributed by atoms with Gasteiger partial charge in [-0.05, 0) is 70.8 Å². The van der Waals surface area contributed by atoms with Crippen molar-refractivity contribution in [3.8, 4) is 17.6 Å². The normalized spacial score (nSPS) is 12.2. The van der Waals surface area contributed by atoms with Gasteiger partial charge in [-0.25, -0.2) is 0 Å². The Labute approximate surface area is 322 Å². The summed E-state index contributed by atoms with van der Waals surface area (Å²) < 4.78 is 13.0. The number of nitriles is 1. The molecule has 53 heavy (non-hydrogen) atoms. The van der Waals surface area contributed by atoms with Crippen molar-refractivity contribution in [3.05, 3.63) is 147 Å². The van der Waals surface area contributed by atoms with Gasteiger partial charge in [0.2, 0.25) is 6.10 Å². The molecule has 0 spiro atoms. The molecule has 0 aliphatic rings. The zero-order valence-corrected chi connectivity index (χ0v) is 32.7. The smallest absolute Gasteiger partial charge is 0.315 e. The average Bonchev–Trinajstić information content (AvgIpc) is 3.43. The SMILES string of the molecule is CC(C)C(C(=O)OC(C#N)c1cccc(Oc2ccccc2)c1)c1ccc(Cl)cc1.CCc1nn(C)c(C(=O)NCc2ccc(C(C)(C)C)cc2)c1Cl. The van der Waals surface area contributed by atoms with Gasteiger partial charge < -0.3 is 14.8 Å². The van der Waals surface area contributed by atoms with Gasteiger partial charge in [-0.15, -0.1) is 0 Å². The summed E-state index contributed by atoms with van der Waals surface area (Å²) in [5.74, 6) is 0.0846. The van der Waals surface area contributed by atoms with Crippen molar-refractivity contribution in [2.45, 2.75) is 71.9 Å². The first-order valence-electron chi connectivity index (χ1n) is 17.5. The molecule has 8 nitrogen and oxygen atoms in total. The largest absolute Gasteiger partial charge is 0.457 e. The number of ether oxygens (including phenoxy) is 2. The second-order valence-corrected chi connectivity index (χ2v) is 14.7. The molecule has 1 amide bonds. The molecule has 0 saturated heterocycles. The average molecular weight is 754 g/mol. The third-order valence-corrected chi connectivity index (χ3v) is 9.17. The number of carbonyl (C=O) groups excluding carboxylic acids is 2. The fourth-order valence-electron chi connectivity index (χ4n) is 5.60. The van der Waals surface area contributed by atoms with Crippen molar-refractivity contribution in [2.75, 3.05) is 0 Å². The van der Waals surface area contributed by atoms with Crippen molar-refractivity contribution in [1.29, 1.82) is 5.26 Å². The zero-order chi connectivity index (χ0) is 38.7. The molecule has 0 bridgehead atoms. The lowest BCUT2D eigenvalue weighted by Gasteiger charge is -2.22. The molecule has 0 radical (unpaired) electrons. The van der Waals surface area contributed by atoms with Crippen LogP contribution >= 0.6 is 23.2 Å². The number of esters is 1. The van der Waals surface area contributed by atoms with Gasteiger partial charge in [-0.3, -0.25) is 14.3 Å². The summed E-state index contributed by atoms with van der Waals surface area (Å²) in [5, 5.41) is 17.9. The maximum atomic E-state index is 13.0. The molecule has 5 rings (SSSR count). The number of amides is 1. The molecule has 1 aromatic heterocycles. The second kappa shape index (κ2) is 18.6. The molecule has 10 heteroatoms. The summed E-state index contributed by atoms with van der Waals surface area (Å²) in [6.45, 7) is 12.9. The molecule has 0 aliphatic carbocycles. The molecule has 4 aromatic carbocycles. The molecule has 1 N–H and O–H groups in total. The van der Waals surface area contributed by atoms with Crippen LogP contribution in [0.15, 0.2) is 103 Å². The molecule has 5 aromatic rings. The number of hydrogen-bond acceptors (Lipinski definition) is 6. The first-order valence-corrected chi connectivity index (χ1v) is 18.2. The lowest BCUT2D eigenvalue weighted by molar-refractivity contribution is -0.150. The highest BCUT2D eigenvalue weighted by molar-refractivity contribution is 6.34. The Morgan fingerprint density at radius 2 is 1.53 bits per heavy atom. The number of para-hydroxylation sites is 1. The fourth-order valence-corrected chi connectivity index (χ4v) is 6.11. The van der Waals surface area contributed by atoms with Crippen LogP contribution in [0.1, 0.15) is 92.0 Å². The van der Waals surface area contributed by atoms with E-state index in [1.807, 2.05) is 75.4 Å². The molecule has 0 fully saturated rings. The van der Waals surface area contributed by atoms with E-state index in [0.717, 1.165) is 16.8 Å². The predicted octanol–water partition coefficient (Wildman–Crippen LogP) is 10.5. The van der Waals surface area contributed by atoms with E-state index in [1.165, 1.54) is 5.56 Å². The number of benzene rings is 4. The Kier molecular flexibility index (Phi) is 14.3. The quantitative estimate of drug-likeness (QED) is 0.135. The van der Waals surface area contributed by atoms with E-state index in [9.17, 15) is 14.9 Å².